The minimum atomic E-state index is 0. The summed E-state index contributed by atoms with van der Waals surface area (Å²) in [5.74, 6) is 0. The first-order chi connectivity index (χ1) is 6.74. The average Bonchev–Trinajstić information content (AvgIpc) is 2.72. The maximum atomic E-state index is 2.25. The zero-order chi connectivity index (χ0) is 9.97. The van der Waals surface area contributed by atoms with Gasteiger partial charge in [0.1, 0.15) is 25.5 Å². The Balaban J connectivity index is 0.00000112. The lowest BCUT2D eigenvalue weighted by molar-refractivity contribution is -0.908. The first kappa shape index (κ1) is 15.6. The molecular weight excluding hydrogens is 247 g/mol. The maximum absolute atomic E-state index is 2.25. The Morgan fingerprint density at radius 1 is 0.875 bits per heavy atom. The van der Waals surface area contributed by atoms with Gasteiger partial charge in [-0.3, -0.25) is 9.80 Å². The number of nitrogens with zero attached hydrogens (tertiary/aromatic N) is 2. The molecule has 0 spiro atoms. The Morgan fingerprint density at radius 2 is 1.25 bits per heavy atom. The molecule has 2 N–H and O–H groups in total. The molecule has 0 aliphatic carbocycles. The van der Waals surface area contributed by atoms with Crippen molar-refractivity contribution in [3.8, 4) is 0 Å². The number of hydrogen-bond donors (Lipinski definition) is 2. The van der Waals surface area contributed by atoms with Crippen molar-refractivity contribution in [2.24, 2.45) is 0 Å². The molecule has 2 heterocycles. The van der Waals surface area contributed by atoms with Gasteiger partial charge >= 0.3 is 0 Å². The highest BCUT2D eigenvalue weighted by Crippen LogP contribution is 1.83. The van der Waals surface area contributed by atoms with E-state index in [9.17, 15) is 0 Å². The molecule has 0 radical (unpaired) electrons. The van der Waals surface area contributed by atoms with Gasteiger partial charge in [-0.15, -0.1) is 0 Å². The van der Waals surface area contributed by atoms with E-state index in [2.05, 4.69) is 48.7 Å². The predicted molar refractivity (Wildman–Crippen MR) is 55.2 cm³/mol. The lowest BCUT2D eigenvalue weighted by Gasteiger charge is -2.16. The lowest BCUT2D eigenvalue weighted by Crippen LogP contribution is -3.16. The third-order valence-corrected chi connectivity index (χ3v) is 2.80. The summed E-state index contributed by atoms with van der Waals surface area (Å²) in [6, 6.07) is 0. The van der Waals surface area contributed by atoms with E-state index in [4.69, 9.17) is 0 Å². The Bertz CT molecular complexity index is 231. The van der Waals surface area contributed by atoms with Crippen LogP contribution in [0.2, 0.25) is 0 Å². The average molecular weight is 267 g/mol. The number of nitrogens with one attached hydrogen (secondary N) is 2. The highest BCUT2D eigenvalue weighted by atomic mass is 35.5. The van der Waals surface area contributed by atoms with Crippen molar-refractivity contribution >= 4 is 0 Å². The van der Waals surface area contributed by atoms with Gasteiger partial charge in [0.05, 0.1) is 12.4 Å². The molecule has 0 aromatic rings. The quantitative estimate of drug-likeness (QED) is 0.528. The van der Waals surface area contributed by atoms with Crippen LogP contribution >= 0.6 is 0 Å². The first-order valence-electron chi connectivity index (χ1n) is 5.20. The van der Waals surface area contributed by atoms with E-state index in [0.29, 0.717) is 0 Å². The van der Waals surface area contributed by atoms with Crippen LogP contribution in [0, 0.1) is 0 Å². The molecule has 0 saturated carbocycles. The van der Waals surface area contributed by atoms with Crippen molar-refractivity contribution < 1.29 is 34.6 Å². The van der Waals surface area contributed by atoms with E-state index in [1.165, 1.54) is 13.1 Å². The van der Waals surface area contributed by atoms with E-state index in [1.807, 2.05) is 0 Å². The molecule has 2 aliphatic heterocycles. The van der Waals surface area contributed by atoms with Crippen LogP contribution in [0.15, 0.2) is 24.8 Å². The minimum absolute atomic E-state index is 0. The number of rotatable bonds is 3. The van der Waals surface area contributed by atoms with E-state index in [1.54, 1.807) is 9.80 Å². The number of quaternary nitrogens is 2. The first-order valence-corrected chi connectivity index (χ1v) is 5.20. The Labute approximate surface area is 110 Å². The van der Waals surface area contributed by atoms with Gasteiger partial charge in [0.2, 0.25) is 0 Å². The van der Waals surface area contributed by atoms with Crippen LogP contribution in [0.5, 0.6) is 0 Å². The minimum Gasteiger partial charge on any atom is -1.00 e. The zero-order valence-electron chi connectivity index (χ0n) is 9.79. The summed E-state index contributed by atoms with van der Waals surface area (Å²) in [7, 11) is 4.25. The number of halogens is 2. The van der Waals surface area contributed by atoms with Gasteiger partial charge in [-0.05, 0) is 0 Å². The summed E-state index contributed by atoms with van der Waals surface area (Å²) in [5.41, 5.74) is 0. The zero-order valence-corrected chi connectivity index (χ0v) is 11.3. The Hall–Kier alpha value is -0.420. The molecule has 2 aliphatic rings. The molecule has 94 valence electrons. The molecule has 0 aromatic heterocycles. The SMILES string of the molecule is CN1C=C[NH+](CC[NH+]2C=CN(C)C2)C1.[Cl-].[Cl-]. The van der Waals surface area contributed by atoms with E-state index >= 15 is 0 Å². The van der Waals surface area contributed by atoms with Crippen molar-refractivity contribution in [1.82, 2.24) is 9.80 Å². The van der Waals surface area contributed by atoms with Gasteiger partial charge < -0.3 is 34.6 Å². The third kappa shape index (κ3) is 4.22. The molecule has 6 heteroatoms. The normalized spacial score (nSPS) is 26.9. The molecule has 0 fully saturated rings. The summed E-state index contributed by atoms with van der Waals surface area (Å²) in [4.78, 5) is 7.58. The van der Waals surface area contributed by atoms with Gasteiger partial charge in [-0.1, -0.05) is 0 Å². The summed E-state index contributed by atoms with van der Waals surface area (Å²) < 4.78 is 0. The highest BCUT2D eigenvalue weighted by Gasteiger charge is 2.18. The summed E-state index contributed by atoms with van der Waals surface area (Å²) in [5, 5.41) is 0. The van der Waals surface area contributed by atoms with Crippen LogP contribution in [-0.4, -0.2) is 50.3 Å². The van der Waals surface area contributed by atoms with Crippen molar-refractivity contribution in [3.05, 3.63) is 24.8 Å². The third-order valence-electron chi connectivity index (χ3n) is 2.80. The second-order valence-corrected chi connectivity index (χ2v) is 4.28. The highest BCUT2D eigenvalue weighted by molar-refractivity contribution is 4.76. The Morgan fingerprint density at radius 3 is 1.50 bits per heavy atom. The van der Waals surface area contributed by atoms with Crippen molar-refractivity contribution in [1.29, 1.82) is 0 Å². The largest absolute Gasteiger partial charge is 1.00 e. The lowest BCUT2D eigenvalue weighted by atomic mass is 10.5. The van der Waals surface area contributed by atoms with Crippen LogP contribution in [0.3, 0.4) is 0 Å². The van der Waals surface area contributed by atoms with E-state index in [-0.39, 0.29) is 24.8 Å². The molecule has 0 bridgehead atoms. The molecule has 4 nitrogen and oxygen atoms in total. The molecule has 0 aromatic carbocycles. The molecule has 16 heavy (non-hydrogen) atoms. The maximum Gasteiger partial charge on any atom is 0.156 e. The van der Waals surface area contributed by atoms with Gasteiger partial charge in [0.15, 0.2) is 13.3 Å². The van der Waals surface area contributed by atoms with Gasteiger partial charge in [-0.25, -0.2) is 0 Å². The number of hydrogen-bond acceptors (Lipinski definition) is 2. The Kier molecular flexibility index (Phi) is 6.83. The van der Waals surface area contributed by atoms with E-state index < -0.39 is 0 Å². The molecule has 0 amide bonds. The fourth-order valence-electron chi connectivity index (χ4n) is 1.96. The molecular formula is C10H20Cl2N4. The van der Waals surface area contributed by atoms with Gasteiger partial charge in [0, 0.05) is 14.1 Å². The van der Waals surface area contributed by atoms with Crippen LogP contribution in [0.1, 0.15) is 0 Å². The van der Waals surface area contributed by atoms with Crippen LogP contribution < -0.4 is 34.6 Å². The smallest absolute Gasteiger partial charge is 0.156 e. The second-order valence-electron chi connectivity index (χ2n) is 4.28. The molecule has 2 atom stereocenters. The fourth-order valence-corrected chi connectivity index (χ4v) is 1.96. The molecule has 0 saturated heterocycles. The van der Waals surface area contributed by atoms with Crippen molar-refractivity contribution in [2.45, 2.75) is 0 Å². The summed E-state index contributed by atoms with van der Waals surface area (Å²) in [6.45, 7) is 4.67. The molecule has 2 rings (SSSR count). The summed E-state index contributed by atoms with van der Waals surface area (Å²) >= 11 is 0. The summed E-state index contributed by atoms with van der Waals surface area (Å²) in [6.07, 6.45) is 8.83. The van der Waals surface area contributed by atoms with Gasteiger partial charge in [0.25, 0.3) is 0 Å². The standard InChI is InChI=1S/C10H18N4.2ClH/c1-11-3-5-13(9-11)7-8-14-6-4-12(2)10-14;;/h3-6H,7-10H2,1-2H3;2*1H. The monoisotopic (exact) mass is 266 g/mol. The van der Waals surface area contributed by atoms with E-state index in [0.717, 1.165) is 13.3 Å². The van der Waals surface area contributed by atoms with Crippen LogP contribution in [0.4, 0.5) is 0 Å². The van der Waals surface area contributed by atoms with Gasteiger partial charge in [-0.2, -0.15) is 0 Å². The molecule has 2 unspecified atom stereocenters. The van der Waals surface area contributed by atoms with Crippen LogP contribution in [0.25, 0.3) is 0 Å². The van der Waals surface area contributed by atoms with Crippen LogP contribution in [-0.2, 0) is 0 Å². The fraction of sp³-hybridized carbons (Fsp3) is 0.600. The van der Waals surface area contributed by atoms with Crippen molar-refractivity contribution in [2.75, 3.05) is 40.5 Å². The van der Waals surface area contributed by atoms with Crippen molar-refractivity contribution in [3.63, 3.8) is 0 Å². The second kappa shape index (κ2) is 7.01. The topological polar surface area (TPSA) is 15.4 Å². The predicted octanol–water partition coefficient (Wildman–Crippen LogP) is -8.49.